The topological polar surface area (TPSA) is 12.9 Å². The van der Waals surface area contributed by atoms with Gasteiger partial charge in [0.25, 0.3) is 0 Å². The second-order valence-corrected chi connectivity index (χ2v) is 4.94. The van der Waals surface area contributed by atoms with Crippen LogP contribution in [0.1, 0.15) is 5.01 Å². The van der Waals surface area contributed by atoms with Crippen LogP contribution in [0.4, 0.5) is 0 Å². The zero-order chi connectivity index (χ0) is 8.55. The molecule has 0 saturated carbocycles. The summed E-state index contributed by atoms with van der Waals surface area (Å²) in [5, 5.41) is 1.97. The molecule has 62 valence electrons. The normalized spacial score (nSPS) is 10.8. The number of thiazole rings is 1. The molecular weight excluding hydrogens is 302 g/mol. The van der Waals surface area contributed by atoms with Crippen LogP contribution in [-0.4, -0.2) is 4.98 Å². The summed E-state index contributed by atoms with van der Waals surface area (Å²) in [4.78, 5) is 4.43. The lowest BCUT2D eigenvalue weighted by atomic mass is 10.3. The van der Waals surface area contributed by atoms with E-state index in [1.54, 1.807) is 11.3 Å². The van der Waals surface area contributed by atoms with Gasteiger partial charge in [-0.05, 0) is 18.2 Å². The molecular formula is C8H5Br2NS. The molecule has 0 aliphatic carbocycles. The van der Waals surface area contributed by atoms with E-state index in [0.29, 0.717) is 0 Å². The number of fused-ring (bicyclic) bond motifs is 1. The smallest absolute Gasteiger partial charge is 0.104 e. The molecule has 0 unspecified atom stereocenters. The average molecular weight is 307 g/mol. The maximum Gasteiger partial charge on any atom is 0.104 e. The predicted molar refractivity (Wildman–Crippen MR) is 60.0 cm³/mol. The molecule has 0 aliphatic rings. The SMILES string of the molecule is BrCc1nc2cc(Br)ccc2s1. The first-order valence-electron chi connectivity index (χ1n) is 3.40. The molecule has 4 heteroatoms. The van der Waals surface area contributed by atoms with Gasteiger partial charge in [0.15, 0.2) is 0 Å². The number of hydrogen-bond acceptors (Lipinski definition) is 2. The van der Waals surface area contributed by atoms with E-state index in [0.717, 1.165) is 20.3 Å². The molecule has 0 amide bonds. The maximum atomic E-state index is 4.43. The maximum absolute atomic E-state index is 4.43. The highest BCUT2D eigenvalue weighted by molar-refractivity contribution is 9.10. The zero-order valence-electron chi connectivity index (χ0n) is 6.05. The number of hydrogen-bond donors (Lipinski definition) is 0. The van der Waals surface area contributed by atoms with Crippen LogP contribution >= 0.6 is 43.2 Å². The van der Waals surface area contributed by atoms with Crippen molar-refractivity contribution in [2.45, 2.75) is 5.33 Å². The highest BCUT2D eigenvalue weighted by Gasteiger charge is 2.01. The Balaban J connectivity index is 2.67. The molecule has 1 aromatic heterocycles. The van der Waals surface area contributed by atoms with Crippen LogP contribution in [-0.2, 0) is 5.33 Å². The van der Waals surface area contributed by atoms with Gasteiger partial charge >= 0.3 is 0 Å². The number of halogens is 2. The summed E-state index contributed by atoms with van der Waals surface area (Å²) in [6, 6.07) is 6.17. The summed E-state index contributed by atoms with van der Waals surface area (Å²) in [5.41, 5.74) is 1.07. The Labute approximate surface area is 91.1 Å². The van der Waals surface area contributed by atoms with Gasteiger partial charge in [-0.1, -0.05) is 31.9 Å². The van der Waals surface area contributed by atoms with E-state index >= 15 is 0 Å². The molecule has 2 rings (SSSR count). The van der Waals surface area contributed by atoms with E-state index < -0.39 is 0 Å². The van der Waals surface area contributed by atoms with Crippen molar-refractivity contribution >= 4 is 53.4 Å². The Morgan fingerprint density at radius 3 is 3.00 bits per heavy atom. The van der Waals surface area contributed by atoms with Gasteiger partial charge in [-0.2, -0.15) is 0 Å². The summed E-state index contributed by atoms with van der Waals surface area (Å²) in [7, 11) is 0. The quantitative estimate of drug-likeness (QED) is 0.727. The second-order valence-electron chi connectivity index (χ2n) is 2.35. The third kappa shape index (κ3) is 1.56. The van der Waals surface area contributed by atoms with E-state index in [1.807, 2.05) is 12.1 Å². The van der Waals surface area contributed by atoms with Gasteiger partial charge in [-0.15, -0.1) is 11.3 Å². The Morgan fingerprint density at radius 2 is 2.25 bits per heavy atom. The van der Waals surface area contributed by atoms with Gasteiger partial charge in [0.2, 0.25) is 0 Å². The lowest BCUT2D eigenvalue weighted by molar-refractivity contribution is 1.32. The molecule has 1 aromatic carbocycles. The Kier molecular flexibility index (Phi) is 2.48. The van der Waals surface area contributed by atoms with Gasteiger partial charge in [0.1, 0.15) is 5.01 Å². The van der Waals surface area contributed by atoms with Crippen molar-refractivity contribution in [1.82, 2.24) is 4.98 Å². The van der Waals surface area contributed by atoms with Gasteiger partial charge in [-0.25, -0.2) is 4.98 Å². The van der Waals surface area contributed by atoms with E-state index in [4.69, 9.17) is 0 Å². The first-order valence-corrected chi connectivity index (χ1v) is 6.13. The second kappa shape index (κ2) is 3.44. The van der Waals surface area contributed by atoms with Gasteiger partial charge in [0, 0.05) is 4.47 Å². The standard InChI is InChI=1S/C8H5Br2NS/c9-4-8-11-6-3-5(10)1-2-7(6)12-8/h1-3H,4H2. The fourth-order valence-corrected chi connectivity index (χ4v) is 2.62. The van der Waals surface area contributed by atoms with E-state index in [2.05, 4.69) is 42.9 Å². The molecule has 0 fully saturated rings. The van der Waals surface area contributed by atoms with Crippen molar-refractivity contribution in [3.63, 3.8) is 0 Å². The molecule has 0 radical (unpaired) electrons. The van der Waals surface area contributed by atoms with Crippen molar-refractivity contribution < 1.29 is 0 Å². The summed E-state index contributed by atoms with van der Waals surface area (Å²) in [6.07, 6.45) is 0. The molecule has 0 saturated heterocycles. The van der Waals surface area contributed by atoms with Gasteiger partial charge in [-0.3, -0.25) is 0 Å². The first-order chi connectivity index (χ1) is 5.79. The molecule has 1 heterocycles. The van der Waals surface area contributed by atoms with E-state index in [-0.39, 0.29) is 0 Å². The summed E-state index contributed by atoms with van der Waals surface area (Å²) < 4.78 is 2.33. The summed E-state index contributed by atoms with van der Waals surface area (Å²) in [5.74, 6) is 0. The largest absolute Gasteiger partial charge is 0.240 e. The Morgan fingerprint density at radius 1 is 1.42 bits per heavy atom. The molecule has 12 heavy (non-hydrogen) atoms. The number of rotatable bonds is 1. The highest BCUT2D eigenvalue weighted by atomic mass is 79.9. The minimum atomic E-state index is 0.837. The molecule has 0 bridgehead atoms. The lowest BCUT2D eigenvalue weighted by Crippen LogP contribution is -1.71. The van der Waals surface area contributed by atoms with Crippen LogP contribution in [0.2, 0.25) is 0 Å². The molecule has 2 aromatic rings. The summed E-state index contributed by atoms with van der Waals surface area (Å²) >= 11 is 8.53. The molecule has 1 nitrogen and oxygen atoms in total. The van der Waals surface area contributed by atoms with Crippen LogP contribution < -0.4 is 0 Å². The van der Waals surface area contributed by atoms with Gasteiger partial charge in [0.05, 0.1) is 15.5 Å². The minimum absolute atomic E-state index is 0.837. The molecule has 0 spiro atoms. The monoisotopic (exact) mass is 305 g/mol. The van der Waals surface area contributed by atoms with Crippen LogP contribution in [0, 0.1) is 0 Å². The number of alkyl halides is 1. The van der Waals surface area contributed by atoms with Crippen LogP contribution in [0.5, 0.6) is 0 Å². The molecule has 0 atom stereocenters. The summed E-state index contributed by atoms with van der Waals surface area (Å²) in [6.45, 7) is 0. The van der Waals surface area contributed by atoms with Crippen molar-refractivity contribution in [3.05, 3.63) is 27.7 Å². The van der Waals surface area contributed by atoms with Gasteiger partial charge < -0.3 is 0 Å². The Hall–Kier alpha value is 0.0700. The number of aromatic nitrogens is 1. The Bertz CT molecular complexity index is 410. The van der Waals surface area contributed by atoms with Crippen LogP contribution in [0.3, 0.4) is 0 Å². The van der Waals surface area contributed by atoms with Crippen molar-refractivity contribution in [2.75, 3.05) is 0 Å². The number of benzene rings is 1. The highest BCUT2D eigenvalue weighted by Crippen LogP contribution is 2.25. The van der Waals surface area contributed by atoms with Crippen LogP contribution in [0.25, 0.3) is 10.2 Å². The van der Waals surface area contributed by atoms with Crippen molar-refractivity contribution in [1.29, 1.82) is 0 Å². The third-order valence-corrected chi connectivity index (χ3v) is 3.94. The predicted octanol–water partition coefficient (Wildman–Crippen LogP) is 3.95. The van der Waals surface area contributed by atoms with Crippen molar-refractivity contribution in [2.24, 2.45) is 0 Å². The molecule has 0 aliphatic heterocycles. The fourth-order valence-electron chi connectivity index (χ4n) is 1.01. The fraction of sp³-hybridized carbons (Fsp3) is 0.125. The third-order valence-electron chi connectivity index (χ3n) is 1.51. The molecule has 0 N–H and O–H groups in total. The van der Waals surface area contributed by atoms with Crippen LogP contribution in [0.15, 0.2) is 22.7 Å². The number of nitrogens with zero attached hydrogens (tertiary/aromatic N) is 1. The zero-order valence-corrected chi connectivity index (χ0v) is 10.0. The van der Waals surface area contributed by atoms with E-state index in [1.165, 1.54) is 4.70 Å². The van der Waals surface area contributed by atoms with Crippen molar-refractivity contribution in [3.8, 4) is 0 Å². The lowest BCUT2D eigenvalue weighted by Gasteiger charge is -1.87. The first kappa shape index (κ1) is 8.66. The average Bonchev–Trinajstić information content (AvgIpc) is 2.46. The van der Waals surface area contributed by atoms with E-state index in [9.17, 15) is 0 Å². The minimum Gasteiger partial charge on any atom is -0.240 e.